The highest BCUT2D eigenvalue weighted by Gasteiger charge is 2.45. The van der Waals surface area contributed by atoms with Crippen molar-refractivity contribution in [2.24, 2.45) is 16.3 Å². The minimum absolute atomic E-state index is 0.0160. The molecule has 104 valence electrons. The summed E-state index contributed by atoms with van der Waals surface area (Å²) in [5, 5.41) is 14.6. The van der Waals surface area contributed by atoms with Gasteiger partial charge >= 0.3 is 0 Å². The molecule has 0 atom stereocenters. The maximum atomic E-state index is 12.2. The van der Waals surface area contributed by atoms with Crippen molar-refractivity contribution in [2.75, 3.05) is 13.2 Å². The fourth-order valence-electron chi connectivity index (χ4n) is 2.30. The zero-order valence-corrected chi connectivity index (χ0v) is 11.1. The number of amides is 1. The van der Waals surface area contributed by atoms with Crippen molar-refractivity contribution >= 4 is 11.7 Å². The number of hydrogen-bond donors (Lipinski definition) is 3. The Labute approximate surface area is 108 Å². The van der Waals surface area contributed by atoms with Crippen LogP contribution in [0, 0.1) is 5.41 Å². The molecule has 1 saturated carbocycles. The Hall–Kier alpha value is -1.30. The van der Waals surface area contributed by atoms with E-state index in [1.54, 1.807) is 0 Å². The van der Waals surface area contributed by atoms with Crippen LogP contribution >= 0.6 is 0 Å². The molecular weight excluding hydrogens is 234 g/mol. The van der Waals surface area contributed by atoms with Crippen LogP contribution in [0.5, 0.6) is 0 Å². The summed E-state index contributed by atoms with van der Waals surface area (Å²) in [6.45, 7) is 4.79. The molecule has 6 heteroatoms. The Kier molecular flexibility index (Phi) is 5.40. The van der Waals surface area contributed by atoms with Crippen LogP contribution in [0.4, 0.5) is 0 Å². The van der Waals surface area contributed by atoms with Crippen molar-refractivity contribution in [3.63, 3.8) is 0 Å². The van der Waals surface area contributed by atoms with Crippen LogP contribution < -0.4 is 11.1 Å². The summed E-state index contributed by atoms with van der Waals surface area (Å²) >= 11 is 0. The number of hydrogen-bond acceptors (Lipinski definition) is 4. The molecule has 1 rings (SSSR count). The Balaban J connectivity index is 2.51. The van der Waals surface area contributed by atoms with E-state index in [4.69, 9.17) is 15.7 Å². The molecule has 1 fully saturated rings. The molecule has 1 aliphatic carbocycles. The summed E-state index contributed by atoms with van der Waals surface area (Å²) in [7, 11) is 0. The predicted octanol–water partition coefficient (Wildman–Crippen LogP) is 0.834. The van der Waals surface area contributed by atoms with Crippen LogP contribution in [0.1, 0.15) is 39.5 Å². The normalized spacial score (nSPS) is 19.2. The number of nitrogens with zero attached hydrogens (tertiary/aromatic N) is 1. The first-order valence-electron chi connectivity index (χ1n) is 6.41. The van der Waals surface area contributed by atoms with Crippen molar-refractivity contribution in [1.82, 2.24) is 5.32 Å². The van der Waals surface area contributed by atoms with E-state index in [2.05, 4.69) is 10.5 Å². The van der Waals surface area contributed by atoms with Crippen molar-refractivity contribution in [2.45, 2.75) is 45.6 Å². The molecule has 0 aromatic carbocycles. The van der Waals surface area contributed by atoms with E-state index in [9.17, 15) is 4.79 Å². The van der Waals surface area contributed by atoms with Crippen LogP contribution in [0.3, 0.4) is 0 Å². The van der Waals surface area contributed by atoms with E-state index in [0.717, 1.165) is 12.8 Å². The minimum atomic E-state index is -0.827. The van der Waals surface area contributed by atoms with Crippen LogP contribution in [-0.4, -0.2) is 36.2 Å². The number of nitrogens with two attached hydrogens (primary N) is 1. The standard InChI is InChI=1S/C12H23N3O3/c1-9(2)18-8-7-14-11(16)12(10(13)15-17)5-3-4-6-12/h9,17H,3-8H2,1-2H3,(H2,13,15)(H,14,16). The van der Waals surface area contributed by atoms with Gasteiger partial charge in [0.2, 0.25) is 5.91 Å². The third-order valence-electron chi connectivity index (χ3n) is 3.33. The molecule has 6 nitrogen and oxygen atoms in total. The summed E-state index contributed by atoms with van der Waals surface area (Å²) in [4.78, 5) is 12.2. The smallest absolute Gasteiger partial charge is 0.234 e. The molecule has 0 aromatic rings. The molecular formula is C12H23N3O3. The van der Waals surface area contributed by atoms with Crippen molar-refractivity contribution < 1.29 is 14.7 Å². The molecule has 0 radical (unpaired) electrons. The SMILES string of the molecule is CC(C)OCCNC(=O)C1(C(N)=NO)CCCC1. The number of oxime groups is 1. The molecule has 1 aliphatic rings. The lowest BCUT2D eigenvalue weighted by molar-refractivity contribution is -0.127. The van der Waals surface area contributed by atoms with E-state index < -0.39 is 5.41 Å². The molecule has 18 heavy (non-hydrogen) atoms. The Morgan fingerprint density at radius 1 is 1.50 bits per heavy atom. The van der Waals surface area contributed by atoms with E-state index in [0.29, 0.717) is 26.0 Å². The number of rotatable bonds is 6. The number of amidine groups is 1. The molecule has 0 bridgehead atoms. The number of carbonyl (C=O) groups excluding carboxylic acids is 1. The fourth-order valence-corrected chi connectivity index (χ4v) is 2.30. The first-order valence-corrected chi connectivity index (χ1v) is 6.41. The van der Waals surface area contributed by atoms with Crippen molar-refractivity contribution in [3.8, 4) is 0 Å². The highest BCUT2D eigenvalue weighted by Crippen LogP contribution is 2.38. The topological polar surface area (TPSA) is 96.9 Å². The maximum absolute atomic E-state index is 12.2. The molecule has 0 heterocycles. The summed E-state index contributed by atoms with van der Waals surface area (Å²) in [5.74, 6) is -0.148. The van der Waals surface area contributed by atoms with Gasteiger partial charge in [0.15, 0.2) is 5.84 Å². The third-order valence-corrected chi connectivity index (χ3v) is 3.33. The van der Waals surface area contributed by atoms with Gasteiger partial charge in [-0.3, -0.25) is 4.79 Å². The molecule has 0 aromatic heterocycles. The maximum Gasteiger partial charge on any atom is 0.234 e. The highest BCUT2D eigenvalue weighted by atomic mass is 16.5. The lowest BCUT2D eigenvalue weighted by atomic mass is 9.84. The first-order chi connectivity index (χ1) is 8.53. The van der Waals surface area contributed by atoms with Crippen molar-refractivity contribution in [1.29, 1.82) is 0 Å². The summed E-state index contributed by atoms with van der Waals surface area (Å²) in [6, 6.07) is 0. The van der Waals surface area contributed by atoms with Gasteiger partial charge in [-0.1, -0.05) is 18.0 Å². The number of nitrogens with one attached hydrogen (secondary N) is 1. The second kappa shape index (κ2) is 6.58. The van der Waals surface area contributed by atoms with Crippen molar-refractivity contribution in [3.05, 3.63) is 0 Å². The van der Waals surface area contributed by atoms with Gasteiger partial charge in [0.25, 0.3) is 0 Å². The van der Waals surface area contributed by atoms with Gasteiger partial charge in [-0.2, -0.15) is 0 Å². The molecule has 1 amide bonds. The average Bonchev–Trinajstić information content (AvgIpc) is 2.83. The lowest BCUT2D eigenvalue weighted by Crippen LogP contribution is -2.48. The van der Waals surface area contributed by atoms with E-state index in [1.807, 2.05) is 13.8 Å². The Bertz CT molecular complexity index is 310. The van der Waals surface area contributed by atoms with Gasteiger partial charge in [-0.15, -0.1) is 0 Å². The number of ether oxygens (including phenoxy) is 1. The van der Waals surface area contributed by atoms with Gasteiger partial charge in [0.1, 0.15) is 5.41 Å². The molecule has 0 unspecified atom stereocenters. The third kappa shape index (κ3) is 3.35. The van der Waals surface area contributed by atoms with E-state index in [-0.39, 0.29) is 17.8 Å². The largest absolute Gasteiger partial charge is 0.409 e. The van der Waals surface area contributed by atoms with Crippen LogP contribution in [-0.2, 0) is 9.53 Å². The quantitative estimate of drug-likeness (QED) is 0.216. The van der Waals surface area contributed by atoms with Crippen LogP contribution in [0.25, 0.3) is 0 Å². The zero-order valence-electron chi connectivity index (χ0n) is 11.1. The van der Waals surface area contributed by atoms with Crippen LogP contribution in [0.15, 0.2) is 5.16 Å². The summed E-state index contributed by atoms with van der Waals surface area (Å²) in [5.41, 5.74) is 4.85. The van der Waals surface area contributed by atoms with Gasteiger partial charge in [0, 0.05) is 6.54 Å². The Morgan fingerprint density at radius 3 is 2.61 bits per heavy atom. The molecule has 0 spiro atoms. The van der Waals surface area contributed by atoms with Crippen LogP contribution in [0.2, 0.25) is 0 Å². The van der Waals surface area contributed by atoms with Gasteiger partial charge < -0.3 is 21.0 Å². The fraction of sp³-hybridized carbons (Fsp3) is 0.833. The number of carbonyl (C=O) groups is 1. The first kappa shape index (κ1) is 14.8. The average molecular weight is 257 g/mol. The monoisotopic (exact) mass is 257 g/mol. The minimum Gasteiger partial charge on any atom is -0.409 e. The van der Waals surface area contributed by atoms with Gasteiger partial charge in [-0.25, -0.2) is 0 Å². The second-order valence-electron chi connectivity index (χ2n) is 4.95. The summed E-state index contributed by atoms with van der Waals surface area (Å²) < 4.78 is 5.35. The highest BCUT2D eigenvalue weighted by molar-refractivity contribution is 6.07. The summed E-state index contributed by atoms with van der Waals surface area (Å²) in [6.07, 6.45) is 3.27. The van der Waals surface area contributed by atoms with Gasteiger partial charge in [-0.05, 0) is 26.7 Å². The van der Waals surface area contributed by atoms with E-state index >= 15 is 0 Å². The van der Waals surface area contributed by atoms with E-state index in [1.165, 1.54) is 0 Å². The second-order valence-corrected chi connectivity index (χ2v) is 4.95. The predicted molar refractivity (Wildman–Crippen MR) is 68.4 cm³/mol. The molecule has 0 saturated heterocycles. The molecule has 0 aliphatic heterocycles. The molecule has 4 N–H and O–H groups in total. The lowest BCUT2D eigenvalue weighted by Gasteiger charge is -2.26. The Morgan fingerprint density at radius 2 is 2.11 bits per heavy atom. The van der Waals surface area contributed by atoms with Gasteiger partial charge in [0.05, 0.1) is 12.7 Å². The zero-order chi connectivity index (χ0) is 13.6.